The highest BCUT2D eigenvalue weighted by Gasteiger charge is 2.19. The van der Waals surface area contributed by atoms with Crippen LogP contribution in [0.2, 0.25) is 5.02 Å². The van der Waals surface area contributed by atoms with Crippen LogP contribution in [0.1, 0.15) is 12.0 Å². The minimum absolute atomic E-state index is 0.102. The number of nitrogens with zero attached hydrogens (tertiary/aromatic N) is 5. The fraction of sp³-hybridized carbons (Fsp3) is 0.316. The first-order valence-corrected chi connectivity index (χ1v) is 8.87. The van der Waals surface area contributed by atoms with Crippen LogP contribution in [0.25, 0.3) is 0 Å². The molecule has 146 valence electrons. The summed E-state index contributed by atoms with van der Waals surface area (Å²) in [4.78, 5) is 35.6. The van der Waals surface area contributed by atoms with Gasteiger partial charge in [-0.25, -0.2) is 9.97 Å². The molecule has 0 atom stereocenters. The van der Waals surface area contributed by atoms with Gasteiger partial charge in [-0.15, -0.1) is 0 Å². The third kappa shape index (κ3) is 5.93. The molecule has 0 fully saturated rings. The normalized spacial score (nSPS) is 10.1. The van der Waals surface area contributed by atoms with Gasteiger partial charge in [-0.2, -0.15) is 5.26 Å². The van der Waals surface area contributed by atoms with Gasteiger partial charge < -0.3 is 14.5 Å². The van der Waals surface area contributed by atoms with Gasteiger partial charge in [0, 0.05) is 36.7 Å². The second kappa shape index (κ2) is 10.2. The molecule has 8 nitrogen and oxygen atoms in total. The van der Waals surface area contributed by atoms with Gasteiger partial charge in [-0.1, -0.05) is 11.6 Å². The molecule has 0 spiro atoms. The Morgan fingerprint density at radius 2 is 2.00 bits per heavy atom. The summed E-state index contributed by atoms with van der Waals surface area (Å²) in [5.41, 5.74) is 1.39. The fourth-order valence-corrected chi connectivity index (χ4v) is 2.49. The van der Waals surface area contributed by atoms with Crippen LogP contribution < -0.4 is 9.80 Å². The van der Waals surface area contributed by atoms with E-state index >= 15 is 0 Å². The summed E-state index contributed by atoms with van der Waals surface area (Å²) in [7, 11) is 1.65. The first-order valence-electron chi connectivity index (χ1n) is 8.49. The van der Waals surface area contributed by atoms with Crippen LogP contribution in [-0.2, 0) is 14.3 Å². The predicted molar refractivity (Wildman–Crippen MR) is 105 cm³/mol. The molecular formula is C19H20ClN5O3. The van der Waals surface area contributed by atoms with E-state index in [4.69, 9.17) is 21.6 Å². The molecule has 0 aliphatic heterocycles. The van der Waals surface area contributed by atoms with Crippen molar-refractivity contribution in [3.05, 3.63) is 47.2 Å². The lowest BCUT2D eigenvalue weighted by atomic mass is 10.2. The molecule has 0 aliphatic carbocycles. The first kappa shape index (κ1) is 21.1. The minimum Gasteiger partial charge on any atom is -0.454 e. The van der Waals surface area contributed by atoms with Gasteiger partial charge >= 0.3 is 5.97 Å². The van der Waals surface area contributed by atoms with E-state index in [0.717, 1.165) is 5.56 Å². The smallest absolute Gasteiger partial charge is 0.326 e. The van der Waals surface area contributed by atoms with E-state index in [2.05, 4.69) is 9.97 Å². The van der Waals surface area contributed by atoms with E-state index in [9.17, 15) is 9.59 Å². The lowest BCUT2D eigenvalue weighted by Gasteiger charge is -2.22. The SMILES string of the molecule is Cc1cc(N(CCC#N)C(=O)COC(=O)CN(C)c2ncccn2)ccc1Cl. The van der Waals surface area contributed by atoms with Gasteiger partial charge in [-0.3, -0.25) is 9.59 Å². The van der Waals surface area contributed by atoms with Crippen LogP contribution >= 0.6 is 11.6 Å². The quantitative estimate of drug-likeness (QED) is 0.626. The number of amides is 1. The van der Waals surface area contributed by atoms with Crippen molar-refractivity contribution >= 4 is 35.1 Å². The molecular weight excluding hydrogens is 382 g/mol. The standard InChI is InChI=1S/C19H20ClN5O3/c1-14-11-15(5-6-16(14)20)25(10-3-7-21)17(26)13-28-18(27)12-24(2)19-22-8-4-9-23-19/h4-6,8-9,11H,3,10,12-13H2,1-2H3. The van der Waals surface area contributed by atoms with Crippen molar-refractivity contribution in [2.45, 2.75) is 13.3 Å². The summed E-state index contributed by atoms with van der Waals surface area (Å²) in [6.07, 6.45) is 3.28. The number of anilines is 2. The number of hydrogen-bond donors (Lipinski definition) is 0. The predicted octanol–water partition coefficient (Wildman–Crippen LogP) is 2.36. The third-order valence-electron chi connectivity index (χ3n) is 3.82. The number of esters is 1. The number of halogens is 1. The van der Waals surface area contributed by atoms with E-state index in [1.807, 2.05) is 13.0 Å². The highest BCUT2D eigenvalue weighted by molar-refractivity contribution is 6.31. The Morgan fingerprint density at radius 1 is 1.29 bits per heavy atom. The lowest BCUT2D eigenvalue weighted by Crippen LogP contribution is -2.37. The van der Waals surface area contributed by atoms with E-state index in [1.165, 1.54) is 9.80 Å². The number of rotatable bonds is 8. The third-order valence-corrected chi connectivity index (χ3v) is 4.24. The van der Waals surface area contributed by atoms with Gasteiger partial charge in [0.05, 0.1) is 12.5 Å². The second-order valence-electron chi connectivity index (χ2n) is 5.95. The monoisotopic (exact) mass is 401 g/mol. The highest BCUT2D eigenvalue weighted by atomic mass is 35.5. The molecule has 0 N–H and O–H groups in total. The molecule has 0 aliphatic rings. The van der Waals surface area contributed by atoms with Gasteiger partial charge in [-0.05, 0) is 36.8 Å². The van der Waals surface area contributed by atoms with Gasteiger partial charge in [0.15, 0.2) is 6.61 Å². The van der Waals surface area contributed by atoms with Crippen LogP contribution in [0.3, 0.4) is 0 Å². The second-order valence-corrected chi connectivity index (χ2v) is 6.36. The molecule has 1 aromatic heterocycles. The van der Waals surface area contributed by atoms with Crippen molar-refractivity contribution < 1.29 is 14.3 Å². The van der Waals surface area contributed by atoms with Gasteiger partial charge in [0.2, 0.25) is 5.95 Å². The largest absolute Gasteiger partial charge is 0.454 e. The van der Waals surface area contributed by atoms with Crippen LogP contribution in [0.4, 0.5) is 11.6 Å². The molecule has 0 saturated carbocycles. The lowest BCUT2D eigenvalue weighted by molar-refractivity contribution is -0.146. The zero-order valence-electron chi connectivity index (χ0n) is 15.6. The summed E-state index contributed by atoms with van der Waals surface area (Å²) in [5.74, 6) is -0.641. The van der Waals surface area contributed by atoms with Crippen LogP contribution in [0, 0.1) is 18.3 Å². The van der Waals surface area contributed by atoms with E-state index in [-0.39, 0.29) is 19.5 Å². The molecule has 1 aromatic carbocycles. The Balaban J connectivity index is 1.98. The molecule has 28 heavy (non-hydrogen) atoms. The van der Waals surface area contributed by atoms with Crippen molar-refractivity contribution in [2.24, 2.45) is 0 Å². The number of likely N-dealkylation sites (N-methyl/N-ethyl adjacent to an activating group) is 1. The zero-order chi connectivity index (χ0) is 20.5. The number of carbonyl (C=O) groups excluding carboxylic acids is 2. The molecule has 0 unspecified atom stereocenters. The maximum absolute atomic E-state index is 12.6. The van der Waals surface area contributed by atoms with Crippen molar-refractivity contribution in [3.8, 4) is 6.07 Å². The Morgan fingerprint density at radius 3 is 2.64 bits per heavy atom. The van der Waals surface area contributed by atoms with E-state index in [1.54, 1.807) is 43.7 Å². The number of carbonyl (C=O) groups is 2. The molecule has 2 aromatic rings. The Bertz CT molecular complexity index is 870. The van der Waals surface area contributed by atoms with Crippen LogP contribution in [-0.4, -0.2) is 48.6 Å². The average Bonchev–Trinajstić information content (AvgIpc) is 2.70. The number of hydrogen-bond acceptors (Lipinski definition) is 7. The van der Waals surface area contributed by atoms with Crippen LogP contribution in [0.15, 0.2) is 36.7 Å². The summed E-state index contributed by atoms with van der Waals surface area (Å²) < 4.78 is 5.10. The summed E-state index contributed by atoms with van der Waals surface area (Å²) >= 11 is 6.03. The molecule has 1 amide bonds. The minimum atomic E-state index is -0.587. The van der Waals surface area contributed by atoms with Crippen LogP contribution in [0.5, 0.6) is 0 Å². The first-order chi connectivity index (χ1) is 13.4. The maximum Gasteiger partial charge on any atom is 0.326 e. The molecule has 0 bridgehead atoms. The Hall–Kier alpha value is -3.18. The molecule has 0 radical (unpaired) electrons. The fourth-order valence-electron chi connectivity index (χ4n) is 2.37. The molecule has 9 heteroatoms. The van der Waals surface area contributed by atoms with Gasteiger partial charge in [0.25, 0.3) is 5.91 Å². The average molecular weight is 402 g/mol. The zero-order valence-corrected chi connectivity index (χ0v) is 16.4. The van der Waals surface area contributed by atoms with Crippen molar-refractivity contribution in [1.82, 2.24) is 9.97 Å². The van der Waals surface area contributed by atoms with E-state index in [0.29, 0.717) is 16.7 Å². The van der Waals surface area contributed by atoms with E-state index < -0.39 is 18.5 Å². The number of aromatic nitrogens is 2. The Labute approximate surface area is 168 Å². The molecule has 2 rings (SSSR count). The number of benzene rings is 1. The van der Waals surface area contributed by atoms with Crippen molar-refractivity contribution in [3.63, 3.8) is 0 Å². The Kier molecular flexibility index (Phi) is 7.72. The summed E-state index contributed by atoms with van der Waals surface area (Å²) in [5, 5.41) is 9.43. The summed E-state index contributed by atoms with van der Waals surface area (Å²) in [6.45, 7) is 1.47. The highest BCUT2D eigenvalue weighted by Crippen LogP contribution is 2.23. The number of aryl methyl sites for hydroxylation is 1. The van der Waals surface area contributed by atoms with Crippen molar-refractivity contribution in [2.75, 3.05) is 36.5 Å². The summed E-state index contributed by atoms with van der Waals surface area (Å²) in [6, 6.07) is 8.80. The van der Waals surface area contributed by atoms with Crippen molar-refractivity contribution in [1.29, 1.82) is 5.26 Å². The molecule has 0 saturated heterocycles. The number of ether oxygens (including phenoxy) is 1. The molecule has 1 heterocycles. The maximum atomic E-state index is 12.6. The number of nitriles is 1. The van der Waals surface area contributed by atoms with Gasteiger partial charge in [0.1, 0.15) is 6.54 Å². The topological polar surface area (TPSA) is 99.4 Å².